The fourth-order valence-electron chi connectivity index (χ4n) is 2.82. The number of hydrogen-bond donors (Lipinski definition) is 2. The van der Waals surface area contributed by atoms with Gasteiger partial charge < -0.3 is 9.97 Å². The van der Waals surface area contributed by atoms with Gasteiger partial charge in [-0.25, -0.2) is 8.42 Å². The van der Waals surface area contributed by atoms with Gasteiger partial charge in [-0.2, -0.15) is 0 Å². The lowest BCUT2D eigenvalue weighted by atomic mass is 10.2. The Bertz CT molecular complexity index is 1350. The van der Waals surface area contributed by atoms with Gasteiger partial charge in [0.15, 0.2) is 0 Å². The molecule has 2 aromatic carbocycles. The fraction of sp³-hybridized carbons (Fsp3) is 0. The third-order valence-electron chi connectivity index (χ3n) is 4.13. The van der Waals surface area contributed by atoms with E-state index in [9.17, 15) is 18.0 Å². The lowest BCUT2D eigenvalue weighted by Crippen LogP contribution is -2.23. The summed E-state index contributed by atoms with van der Waals surface area (Å²) < 4.78 is 26.0. The molecule has 4 aromatic rings. The van der Waals surface area contributed by atoms with Crippen LogP contribution >= 0.6 is 23.2 Å². The maximum atomic E-state index is 13.0. The van der Waals surface area contributed by atoms with Gasteiger partial charge in [-0.3, -0.25) is 9.59 Å². The van der Waals surface area contributed by atoms with Crippen molar-refractivity contribution in [2.75, 3.05) is 0 Å². The van der Waals surface area contributed by atoms with E-state index >= 15 is 0 Å². The molecule has 0 aliphatic heterocycles. The van der Waals surface area contributed by atoms with Crippen molar-refractivity contribution < 1.29 is 8.42 Å². The van der Waals surface area contributed by atoms with Gasteiger partial charge in [0.1, 0.15) is 9.79 Å². The van der Waals surface area contributed by atoms with Crippen LogP contribution in [-0.4, -0.2) is 18.4 Å². The first-order valence-corrected chi connectivity index (χ1v) is 9.90. The first kappa shape index (κ1) is 17.8. The van der Waals surface area contributed by atoms with Gasteiger partial charge in [0.25, 0.3) is 11.1 Å². The summed E-state index contributed by atoms with van der Waals surface area (Å²) in [6.07, 6.45) is 0. The summed E-state index contributed by atoms with van der Waals surface area (Å²) in [5.74, 6) is 0. The van der Waals surface area contributed by atoms with Crippen LogP contribution in [0.5, 0.6) is 0 Å². The number of aromatic nitrogens is 2. The lowest BCUT2D eigenvalue weighted by Gasteiger charge is -2.07. The van der Waals surface area contributed by atoms with E-state index in [0.29, 0.717) is 31.9 Å². The summed E-state index contributed by atoms with van der Waals surface area (Å²) in [6.45, 7) is 0. The van der Waals surface area contributed by atoms with Crippen LogP contribution in [0.2, 0.25) is 10.0 Å². The molecular weight excluding hydrogens is 411 g/mol. The molecule has 0 saturated heterocycles. The summed E-state index contributed by atoms with van der Waals surface area (Å²) in [5, 5.41) is 1.75. The van der Waals surface area contributed by atoms with E-state index in [0.717, 1.165) is 0 Å². The van der Waals surface area contributed by atoms with Crippen LogP contribution in [0.4, 0.5) is 0 Å². The van der Waals surface area contributed by atoms with Gasteiger partial charge in [-0.1, -0.05) is 35.3 Å². The van der Waals surface area contributed by atoms with Crippen molar-refractivity contribution in [3.8, 4) is 0 Å². The molecule has 2 N–H and O–H groups in total. The van der Waals surface area contributed by atoms with E-state index in [-0.39, 0.29) is 0 Å². The third kappa shape index (κ3) is 3.03. The van der Waals surface area contributed by atoms with E-state index in [1.54, 1.807) is 24.3 Å². The largest absolute Gasteiger partial charge is 0.321 e. The molecular formula is C18H10Cl2N2O4S. The Morgan fingerprint density at radius 1 is 0.667 bits per heavy atom. The Kier molecular flexibility index (Phi) is 4.10. The fourth-order valence-corrected chi connectivity index (χ4v) is 4.56. The molecule has 0 amide bonds. The van der Waals surface area contributed by atoms with E-state index in [1.165, 1.54) is 24.3 Å². The van der Waals surface area contributed by atoms with Crippen molar-refractivity contribution in [2.45, 2.75) is 9.79 Å². The average Bonchev–Trinajstić information content (AvgIpc) is 2.60. The van der Waals surface area contributed by atoms with E-state index < -0.39 is 30.7 Å². The zero-order valence-electron chi connectivity index (χ0n) is 13.4. The molecule has 0 radical (unpaired) electrons. The Labute approximate surface area is 162 Å². The van der Waals surface area contributed by atoms with Crippen molar-refractivity contribution in [1.29, 1.82) is 0 Å². The molecule has 0 spiro atoms. The number of aromatic amines is 2. The molecule has 27 heavy (non-hydrogen) atoms. The van der Waals surface area contributed by atoms with Crippen molar-refractivity contribution in [2.24, 2.45) is 0 Å². The third-order valence-corrected chi connectivity index (χ3v) is 6.36. The normalized spacial score (nSPS) is 11.9. The number of H-pyrrole nitrogens is 2. The first-order valence-electron chi connectivity index (χ1n) is 7.66. The second-order valence-corrected chi connectivity index (χ2v) is 8.65. The summed E-state index contributed by atoms with van der Waals surface area (Å²) in [5.41, 5.74) is -0.872. The zero-order valence-corrected chi connectivity index (χ0v) is 15.7. The molecule has 0 fully saturated rings. The van der Waals surface area contributed by atoms with Crippen molar-refractivity contribution in [3.63, 3.8) is 0 Å². The van der Waals surface area contributed by atoms with Crippen molar-refractivity contribution in [3.05, 3.63) is 79.3 Å². The average molecular weight is 421 g/mol. The minimum absolute atomic E-state index is 0.397. The number of pyridine rings is 2. The van der Waals surface area contributed by atoms with Gasteiger partial charge >= 0.3 is 0 Å². The number of sulfone groups is 1. The van der Waals surface area contributed by atoms with Crippen LogP contribution in [0, 0.1) is 0 Å². The molecule has 0 aliphatic carbocycles. The van der Waals surface area contributed by atoms with E-state index in [2.05, 4.69) is 9.97 Å². The highest BCUT2D eigenvalue weighted by Gasteiger charge is 2.25. The molecule has 6 nitrogen and oxygen atoms in total. The first-order chi connectivity index (χ1) is 12.8. The predicted octanol–water partition coefficient (Wildman–Crippen LogP) is 3.51. The summed E-state index contributed by atoms with van der Waals surface area (Å²) in [7, 11) is -4.36. The highest BCUT2D eigenvalue weighted by molar-refractivity contribution is 7.91. The molecule has 0 aliphatic rings. The second kappa shape index (κ2) is 6.23. The molecule has 136 valence electrons. The molecule has 9 heteroatoms. The minimum atomic E-state index is -4.36. The van der Waals surface area contributed by atoms with Gasteiger partial charge in [0, 0.05) is 21.1 Å². The highest BCUT2D eigenvalue weighted by Crippen LogP contribution is 2.23. The summed E-state index contributed by atoms with van der Waals surface area (Å²) in [4.78, 5) is 28.7. The van der Waals surface area contributed by atoms with Crippen molar-refractivity contribution in [1.82, 2.24) is 9.97 Å². The van der Waals surface area contributed by atoms with Gasteiger partial charge in [0.05, 0.1) is 0 Å². The minimum Gasteiger partial charge on any atom is -0.321 e. The zero-order chi connectivity index (χ0) is 19.3. The number of benzene rings is 2. The maximum Gasteiger partial charge on any atom is 0.267 e. The Hall–Kier alpha value is -2.61. The molecule has 0 atom stereocenters. The Morgan fingerprint density at radius 2 is 1.07 bits per heavy atom. The maximum absolute atomic E-state index is 13.0. The lowest BCUT2D eigenvalue weighted by molar-refractivity contribution is 0.594. The van der Waals surface area contributed by atoms with E-state index in [1.807, 2.05) is 0 Å². The number of halogens is 2. The Balaban J connectivity index is 1.99. The van der Waals surface area contributed by atoms with Gasteiger partial charge in [-0.05, 0) is 47.2 Å². The van der Waals surface area contributed by atoms with Crippen LogP contribution in [0.25, 0.3) is 21.8 Å². The SMILES string of the molecule is O=c1[nH]c2cc(Cl)ccc2cc1S(=O)(=O)c1cc2ccc(Cl)cc2[nH]c1=O. The van der Waals surface area contributed by atoms with Gasteiger partial charge in [0.2, 0.25) is 9.84 Å². The molecule has 2 heterocycles. The molecule has 4 rings (SSSR count). The van der Waals surface area contributed by atoms with Crippen LogP contribution < -0.4 is 11.1 Å². The number of hydrogen-bond acceptors (Lipinski definition) is 4. The Morgan fingerprint density at radius 3 is 1.48 bits per heavy atom. The quantitative estimate of drug-likeness (QED) is 0.517. The second-order valence-electron chi connectivity index (χ2n) is 5.89. The van der Waals surface area contributed by atoms with Crippen LogP contribution in [0.3, 0.4) is 0 Å². The number of nitrogens with one attached hydrogen (secondary N) is 2. The summed E-state index contributed by atoms with van der Waals surface area (Å²) >= 11 is 11.8. The van der Waals surface area contributed by atoms with Crippen molar-refractivity contribution >= 4 is 54.8 Å². The number of fused-ring (bicyclic) bond motifs is 2. The predicted molar refractivity (Wildman–Crippen MR) is 105 cm³/mol. The standard InChI is InChI=1S/C18H10Cl2N2O4S/c19-11-3-1-9-5-15(17(23)21-13(9)7-11)27(25,26)16-6-10-2-4-12(20)8-14(10)22-18(16)24/h1-8H,(H,21,23)(H,22,24). The van der Waals surface area contributed by atoms with E-state index in [4.69, 9.17) is 23.2 Å². The molecule has 0 bridgehead atoms. The molecule has 0 saturated carbocycles. The van der Waals surface area contributed by atoms with Crippen LogP contribution in [0.15, 0.2) is 67.9 Å². The van der Waals surface area contributed by atoms with Gasteiger partial charge in [-0.15, -0.1) is 0 Å². The van der Waals surface area contributed by atoms with Crippen LogP contribution in [0.1, 0.15) is 0 Å². The molecule has 2 aromatic heterocycles. The summed E-state index contributed by atoms with van der Waals surface area (Å²) in [6, 6.07) is 11.8. The smallest absolute Gasteiger partial charge is 0.267 e. The number of rotatable bonds is 2. The topological polar surface area (TPSA) is 99.9 Å². The van der Waals surface area contributed by atoms with Crippen LogP contribution in [-0.2, 0) is 9.84 Å². The molecule has 0 unspecified atom stereocenters. The highest BCUT2D eigenvalue weighted by atomic mass is 35.5. The monoisotopic (exact) mass is 420 g/mol.